The van der Waals surface area contributed by atoms with Crippen LogP contribution in [0.15, 0.2) is 64.3 Å². The van der Waals surface area contributed by atoms with E-state index in [-0.39, 0.29) is 11.3 Å². The van der Waals surface area contributed by atoms with Gasteiger partial charge in [-0.15, -0.1) is 0 Å². The number of furan rings is 1. The van der Waals surface area contributed by atoms with Crippen molar-refractivity contribution in [3.8, 4) is 5.75 Å². The third kappa shape index (κ3) is 3.97. The molecule has 0 radical (unpaired) electrons. The number of benzene rings is 2. The minimum absolute atomic E-state index is 0.0169. The molecule has 0 saturated carbocycles. The number of ether oxygens (including phenoxy) is 2. The highest BCUT2D eigenvalue weighted by molar-refractivity contribution is 6.31. The van der Waals surface area contributed by atoms with Crippen molar-refractivity contribution in [2.45, 2.75) is 12.5 Å². The van der Waals surface area contributed by atoms with E-state index in [4.69, 9.17) is 25.5 Å². The molecular formula is C24H22ClNO6. The average Bonchev–Trinajstić information content (AvgIpc) is 3.32. The predicted octanol–water partition coefficient (Wildman–Crippen LogP) is 4.71. The van der Waals surface area contributed by atoms with Crippen molar-refractivity contribution in [3.05, 3.63) is 76.2 Å². The van der Waals surface area contributed by atoms with Crippen LogP contribution in [0.1, 0.15) is 28.6 Å². The summed E-state index contributed by atoms with van der Waals surface area (Å²) in [5.41, 5.74) is 1.09. The Kier molecular flexibility index (Phi) is 6.21. The lowest BCUT2D eigenvalue weighted by molar-refractivity contribution is -0.129. The van der Waals surface area contributed by atoms with Crippen LogP contribution in [0.25, 0.3) is 11.0 Å². The average molecular weight is 456 g/mol. The number of carbonyl (C=O) groups is 2. The fourth-order valence-corrected chi connectivity index (χ4v) is 4.09. The Morgan fingerprint density at radius 1 is 1.19 bits per heavy atom. The van der Waals surface area contributed by atoms with Gasteiger partial charge in [0, 0.05) is 30.7 Å². The molecule has 1 aliphatic heterocycles. The van der Waals surface area contributed by atoms with Gasteiger partial charge in [0.05, 0.1) is 18.7 Å². The Bertz CT molecular complexity index is 1210. The maximum atomic E-state index is 13.5. The van der Waals surface area contributed by atoms with Gasteiger partial charge in [-0.3, -0.25) is 9.59 Å². The van der Waals surface area contributed by atoms with Crippen molar-refractivity contribution in [1.29, 1.82) is 0 Å². The van der Waals surface area contributed by atoms with Crippen LogP contribution in [0.4, 0.5) is 0 Å². The minimum Gasteiger partial charge on any atom is -0.503 e. The van der Waals surface area contributed by atoms with Crippen molar-refractivity contribution < 1.29 is 28.6 Å². The summed E-state index contributed by atoms with van der Waals surface area (Å²) in [7, 11) is 3.11. The summed E-state index contributed by atoms with van der Waals surface area (Å²) in [4.78, 5) is 27.9. The first kappa shape index (κ1) is 21.9. The maximum absolute atomic E-state index is 13.5. The van der Waals surface area contributed by atoms with Crippen molar-refractivity contribution in [3.63, 3.8) is 0 Å². The Labute approximate surface area is 189 Å². The summed E-state index contributed by atoms with van der Waals surface area (Å²) < 4.78 is 16.1. The van der Waals surface area contributed by atoms with Gasteiger partial charge >= 0.3 is 0 Å². The molecule has 2 heterocycles. The number of Topliss-reactive ketones (excluding diaryl/α,β-unsaturated/α-hetero) is 1. The standard InChI is InChI=1S/C24H22ClNO6/c1-30-10-4-9-26-21(14-5-3-6-17(12-14)31-2)20(23(28)24(26)29)22(27)19-13-15-11-16(25)7-8-18(15)32-19/h3,5-8,11-13,21,28H,4,9-10H2,1-2H3. The van der Waals surface area contributed by atoms with Gasteiger partial charge in [0.2, 0.25) is 5.78 Å². The molecule has 0 bridgehead atoms. The smallest absolute Gasteiger partial charge is 0.290 e. The van der Waals surface area contributed by atoms with Crippen molar-refractivity contribution in [2.75, 3.05) is 27.4 Å². The van der Waals surface area contributed by atoms with E-state index in [2.05, 4.69) is 0 Å². The monoisotopic (exact) mass is 455 g/mol. The highest BCUT2D eigenvalue weighted by Gasteiger charge is 2.44. The van der Waals surface area contributed by atoms with E-state index in [1.54, 1.807) is 55.6 Å². The second-order valence-electron chi connectivity index (χ2n) is 7.41. The molecule has 32 heavy (non-hydrogen) atoms. The molecule has 3 aromatic rings. The molecule has 0 saturated heterocycles. The van der Waals surface area contributed by atoms with Crippen LogP contribution in [-0.2, 0) is 9.53 Å². The topological polar surface area (TPSA) is 89.2 Å². The molecule has 8 heteroatoms. The number of aliphatic hydroxyl groups excluding tert-OH is 1. The summed E-state index contributed by atoms with van der Waals surface area (Å²) in [5, 5.41) is 11.9. The molecule has 2 aromatic carbocycles. The molecular weight excluding hydrogens is 434 g/mol. The van der Waals surface area contributed by atoms with E-state index in [1.807, 2.05) is 0 Å². The highest BCUT2D eigenvalue weighted by Crippen LogP contribution is 2.40. The zero-order valence-corrected chi connectivity index (χ0v) is 18.4. The van der Waals surface area contributed by atoms with Gasteiger partial charge in [0.25, 0.3) is 5.91 Å². The number of hydrogen-bond donors (Lipinski definition) is 1. The highest BCUT2D eigenvalue weighted by atomic mass is 35.5. The van der Waals surface area contributed by atoms with Crippen LogP contribution < -0.4 is 4.74 Å². The van der Waals surface area contributed by atoms with E-state index in [9.17, 15) is 14.7 Å². The first-order valence-corrected chi connectivity index (χ1v) is 10.4. The van der Waals surface area contributed by atoms with Gasteiger partial charge in [-0.25, -0.2) is 0 Å². The molecule has 0 spiro atoms. The van der Waals surface area contributed by atoms with Crippen LogP contribution in [0.3, 0.4) is 0 Å². The lowest BCUT2D eigenvalue weighted by Crippen LogP contribution is -2.32. The number of aliphatic hydroxyl groups is 1. The molecule has 0 fully saturated rings. The molecule has 1 aromatic heterocycles. The third-order valence-electron chi connectivity index (χ3n) is 5.41. The first-order chi connectivity index (χ1) is 15.4. The zero-order valence-electron chi connectivity index (χ0n) is 17.6. The lowest BCUT2D eigenvalue weighted by Gasteiger charge is -2.26. The third-order valence-corrected chi connectivity index (χ3v) is 5.64. The zero-order chi connectivity index (χ0) is 22.8. The number of carbonyl (C=O) groups excluding carboxylic acids is 2. The van der Waals surface area contributed by atoms with Crippen LogP contribution >= 0.6 is 11.6 Å². The Balaban J connectivity index is 1.78. The molecule has 0 aliphatic carbocycles. The molecule has 1 N–H and O–H groups in total. The molecule has 1 amide bonds. The minimum atomic E-state index is -0.793. The largest absolute Gasteiger partial charge is 0.503 e. The molecule has 7 nitrogen and oxygen atoms in total. The SMILES string of the molecule is COCCCN1C(=O)C(O)=C(C(=O)c2cc3cc(Cl)ccc3o2)C1c1cccc(OC)c1. The van der Waals surface area contributed by atoms with E-state index in [0.717, 1.165) is 0 Å². The number of amides is 1. The Morgan fingerprint density at radius 3 is 2.75 bits per heavy atom. The number of rotatable bonds is 8. The Morgan fingerprint density at radius 2 is 2.00 bits per heavy atom. The van der Waals surface area contributed by atoms with Gasteiger partial charge < -0.3 is 23.9 Å². The Hall–Kier alpha value is -3.29. The number of hydrogen-bond acceptors (Lipinski definition) is 6. The van der Waals surface area contributed by atoms with Gasteiger partial charge in [0.1, 0.15) is 11.3 Å². The summed E-state index contributed by atoms with van der Waals surface area (Å²) in [6.45, 7) is 0.730. The van der Waals surface area contributed by atoms with E-state index in [0.29, 0.717) is 46.9 Å². The first-order valence-electron chi connectivity index (χ1n) is 10.1. The molecule has 1 aliphatic rings. The maximum Gasteiger partial charge on any atom is 0.290 e. The summed E-state index contributed by atoms with van der Waals surface area (Å²) in [6.07, 6.45) is 0.542. The lowest BCUT2D eigenvalue weighted by atomic mass is 9.94. The number of methoxy groups -OCH3 is 2. The van der Waals surface area contributed by atoms with Crippen LogP contribution in [0.5, 0.6) is 5.75 Å². The number of nitrogens with zero attached hydrogens (tertiary/aromatic N) is 1. The van der Waals surface area contributed by atoms with E-state index < -0.39 is 23.5 Å². The number of halogens is 1. The molecule has 1 atom stereocenters. The molecule has 4 rings (SSSR count). The van der Waals surface area contributed by atoms with Crippen LogP contribution in [-0.4, -0.2) is 49.1 Å². The summed E-state index contributed by atoms with van der Waals surface area (Å²) in [6, 6.07) is 12.8. The van der Waals surface area contributed by atoms with Gasteiger partial charge in [0.15, 0.2) is 11.5 Å². The van der Waals surface area contributed by atoms with Crippen molar-refractivity contribution >= 4 is 34.3 Å². The van der Waals surface area contributed by atoms with Gasteiger partial charge in [-0.05, 0) is 48.4 Å². The normalized spacial score (nSPS) is 16.3. The summed E-state index contributed by atoms with van der Waals surface area (Å²) in [5.74, 6) is -1.17. The second kappa shape index (κ2) is 9.06. The molecule has 166 valence electrons. The quantitative estimate of drug-likeness (QED) is 0.391. The number of fused-ring (bicyclic) bond motifs is 1. The number of ketones is 1. The second-order valence-corrected chi connectivity index (χ2v) is 7.84. The molecule has 1 unspecified atom stereocenters. The fraction of sp³-hybridized carbons (Fsp3) is 0.250. The fourth-order valence-electron chi connectivity index (χ4n) is 3.91. The predicted molar refractivity (Wildman–Crippen MR) is 119 cm³/mol. The van der Waals surface area contributed by atoms with E-state index >= 15 is 0 Å². The van der Waals surface area contributed by atoms with E-state index in [1.165, 1.54) is 12.0 Å². The van der Waals surface area contributed by atoms with Gasteiger partial charge in [-0.1, -0.05) is 23.7 Å². The van der Waals surface area contributed by atoms with Crippen LogP contribution in [0.2, 0.25) is 5.02 Å². The van der Waals surface area contributed by atoms with Crippen LogP contribution in [0, 0.1) is 0 Å². The summed E-state index contributed by atoms with van der Waals surface area (Å²) >= 11 is 6.04. The van der Waals surface area contributed by atoms with Crippen molar-refractivity contribution in [1.82, 2.24) is 4.90 Å². The van der Waals surface area contributed by atoms with Crippen molar-refractivity contribution in [2.24, 2.45) is 0 Å². The van der Waals surface area contributed by atoms with Gasteiger partial charge in [-0.2, -0.15) is 0 Å².